The van der Waals surface area contributed by atoms with Crippen LogP contribution < -0.4 is 5.73 Å². The lowest BCUT2D eigenvalue weighted by molar-refractivity contribution is -0.114. The normalized spacial score (nSPS) is 12.5. The van der Waals surface area contributed by atoms with E-state index in [4.69, 9.17) is 5.73 Å². The molecule has 0 aliphatic carbocycles. The maximum absolute atomic E-state index is 11.4. The minimum Gasteiger partial charge on any atom is -0.402 e. The second-order valence-electron chi connectivity index (χ2n) is 6.34. The van der Waals surface area contributed by atoms with Crippen LogP contribution in [0.4, 0.5) is 0 Å². The fourth-order valence-corrected chi connectivity index (χ4v) is 2.44. The van der Waals surface area contributed by atoms with E-state index < -0.39 is 0 Å². The maximum Gasteiger partial charge on any atom is 0.157 e. The third kappa shape index (κ3) is 18.6. The zero-order valence-corrected chi connectivity index (χ0v) is 15.4. The molecule has 2 N–H and O–H groups in total. The van der Waals surface area contributed by atoms with Gasteiger partial charge in [0, 0.05) is 12.1 Å². The molecular formula is C21H37NO. The first kappa shape index (κ1) is 21.7. The Morgan fingerprint density at radius 3 is 2.00 bits per heavy atom. The lowest BCUT2D eigenvalue weighted by Gasteiger charge is -1.99. The summed E-state index contributed by atoms with van der Waals surface area (Å²) in [7, 11) is 0. The van der Waals surface area contributed by atoms with Crippen LogP contribution in [-0.2, 0) is 4.79 Å². The molecule has 0 atom stereocenters. The van der Waals surface area contributed by atoms with Crippen molar-refractivity contribution < 1.29 is 4.79 Å². The minimum atomic E-state index is 0.163. The summed E-state index contributed by atoms with van der Waals surface area (Å²) in [5.74, 6) is 0.163. The number of unbranched alkanes of at least 4 members (excludes halogenated alkanes) is 8. The second-order valence-corrected chi connectivity index (χ2v) is 6.34. The molecule has 0 aromatic heterocycles. The Labute approximate surface area is 143 Å². The first-order chi connectivity index (χ1) is 11.2. The molecule has 0 spiro atoms. The molecule has 2 nitrogen and oxygen atoms in total. The van der Waals surface area contributed by atoms with Gasteiger partial charge in [-0.05, 0) is 51.5 Å². The van der Waals surface area contributed by atoms with Gasteiger partial charge in [0.1, 0.15) is 0 Å². The topological polar surface area (TPSA) is 43.1 Å². The molecule has 0 aliphatic heterocycles. The average molecular weight is 320 g/mol. The molecule has 0 aromatic rings. The molecule has 0 aliphatic rings. The zero-order valence-electron chi connectivity index (χ0n) is 15.4. The molecule has 0 fully saturated rings. The largest absolute Gasteiger partial charge is 0.402 e. The van der Waals surface area contributed by atoms with E-state index in [1.165, 1.54) is 51.4 Å². The Bertz CT molecular complexity index is 362. The van der Waals surface area contributed by atoms with Gasteiger partial charge in [0.05, 0.1) is 0 Å². The lowest BCUT2D eigenvalue weighted by Crippen LogP contribution is -1.98. The van der Waals surface area contributed by atoms with Gasteiger partial charge in [-0.15, -0.1) is 0 Å². The van der Waals surface area contributed by atoms with Gasteiger partial charge in [-0.1, -0.05) is 63.3 Å². The van der Waals surface area contributed by atoms with E-state index >= 15 is 0 Å². The first-order valence-electron chi connectivity index (χ1n) is 9.43. The highest BCUT2D eigenvalue weighted by Gasteiger charge is 1.97. The Hall–Kier alpha value is -1.31. The van der Waals surface area contributed by atoms with E-state index in [2.05, 4.69) is 31.2 Å². The van der Waals surface area contributed by atoms with Crippen LogP contribution in [-0.4, -0.2) is 5.78 Å². The Kier molecular flexibility index (Phi) is 16.1. The molecule has 2 heteroatoms. The van der Waals surface area contributed by atoms with Gasteiger partial charge >= 0.3 is 0 Å². The average Bonchev–Trinajstić information content (AvgIpc) is 2.50. The summed E-state index contributed by atoms with van der Waals surface area (Å²) in [5, 5.41) is 0. The van der Waals surface area contributed by atoms with Crippen LogP contribution in [0.3, 0.4) is 0 Å². The summed E-state index contributed by atoms with van der Waals surface area (Å²) in [6, 6.07) is 0. The predicted molar refractivity (Wildman–Crippen MR) is 102 cm³/mol. The first-order valence-corrected chi connectivity index (χ1v) is 9.43. The highest BCUT2D eigenvalue weighted by molar-refractivity contribution is 5.89. The van der Waals surface area contributed by atoms with Gasteiger partial charge in [-0.3, -0.25) is 4.79 Å². The standard InChI is InChI=1S/C21H37NO/c1-3-4-5-6-7-8-9-10-11-12-13-14-15-16-17-18-21(23)19-20(2)22/h7-8,10-11,19H,3-6,9,12-18,22H2,1-2H3/b8-7+,11-10+,20-19-. The highest BCUT2D eigenvalue weighted by atomic mass is 16.1. The molecule has 0 saturated heterocycles. The summed E-state index contributed by atoms with van der Waals surface area (Å²) < 4.78 is 0. The van der Waals surface area contributed by atoms with Gasteiger partial charge in [-0.25, -0.2) is 0 Å². The van der Waals surface area contributed by atoms with Crippen molar-refractivity contribution in [3.63, 3.8) is 0 Å². The van der Waals surface area contributed by atoms with Crippen molar-refractivity contribution >= 4 is 5.78 Å². The van der Waals surface area contributed by atoms with Gasteiger partial charge in [0.2, 0.25) is 0 Å². The Morgan fingerprint density at radius 2 is 1.39 bits per heavy atom. The number of allylic oxidation sites excluding steroid dienone is 6. The van der Waals surface area contributed by atoms with E-state index in [0.29, 0.717) is 12.1 Å². The molecule has 0 rings (SSSR count). The molecule has 0 amide bonds. The molecule has 0 aromatic carbocycles. The monoisotopic (exact) mass is 319 g/mol. The van der Waals surface area contributed by atoms with E-state index in [0.717, 1.165) is 19.3 Å². The predicted octanol–water partition coefficient (Wildman–Crippen LogP) is 6.23. The number of hydrogen-bond acceptors (Lipinski definition) is 2. The van der Waals surface area contributed by atoms with Gasteiger partial charge in [0.25, 0.3) is 0 Å². The molecule has 0 bridgehead atoms. The van der Waals surface area contributed by atoms with Crippen molar-refractivity contribution in [2.45, 2.75) is 90.9 Å². The minimum absolute atomic E-state index is 0.163. The molecule has 0 heterocycles. The number of ketones is 1. The van der Waals surface area contributed by atoms with E-state index in [1.54, 1.807) is 13.0 Å². The molecule has 23 heavy (non-hydrogen) atoms. The second kappa shape index (κ2) is 17.1. The van der Waals surface area contributed by atoms with Crippen LogP contribution in [0.15, 0.2) is 36.1 Å². The lowest BCUT2D eigenvalue weighted by atomic mass is 10.1. The van der Waals surface area contributed by atoms with Gasteiger partial charge < -0.3 is 5.73 Å². The fourth-order valence-electron chi connectivity index (χ4n) is 2.44. The fraction of sp³-hybridized carbons (Fsp3) is 0.667. The molecule has 132 valence electrons. The quantitative estimate of drug-likeness (QED) is 0.221. The number of carbonyl (C=O) groups excluding carboxylic acids is 1. The van der Waals surface area contributed by atoms with Crippen LogP contribution in [0.2, 0.25) is 0 Å². The summed E-state index contributed by atoms with van der Waals surface area (Å²) >= 11 is 0. The Morgan fingerprint density at radius 1 is 0.826 bits per heavy atom. The summed E-state index contributed by atoms with van der Waals surface area (Å²) in [5.41, 5.74) is 6.09. The van der Waals surface area contributed by atoms with Crippen LogP contribution in [0.1, 0.15) is 90.9 Å². The third-order valence-corrected chi connectivity index (χ3v) is 3.76. The van der Waals surface area contributed by atoms with Crippen molar-refractivity contribution in [2.24, 2.45) is 5.73 Å². The summed E-state index contributed by atoms with van der Waals surface area (Å²) in [6.07, 6.45) is 24.7. The number of hydrogen-bond donors (Lipinski definition) is 1. The molecule has 0 saturated carbocycles. The van der Waals surface area contributed by atoms with E-state index in [9.17, 15) is 4.79 Å². The van der Waals surface area contributed by atoms with Crippen LogP contribution in [0.5, 0.6) is 0 Å². The van der Waals surface area contributed by atoms with Crippen molar-refractivity contribution in [3.05, 3.63) is 36.1 Å². The van der Waals surface area contributed by atoms with Crippen molar-refractivity contribution in [1.29, 1.82) is 0 Å². The van der Waals surface area contributed by atoms with E-state index in [-0.39, 0.29) is 5.78 Å². The molecular weight excluding hydrogens is 282 g/mol. The summed E-state index contributed by atoms with van der Waals surface area (Å²) in [6.45, 7) is 4.00. The van der Waals surface area contributed by atoms with Crippen LogP contribution in [0.25, 0.3) is 0 Å². The number of carbonyl (C=O) groups is 1. The maximum atomic E-state index is 11.4. The van der Waals surface area contributed by atoms with Crippen molar-refractivity contribution in [1.82, 2.24) is 0 Å². The zero-order chi connectivity index (χ0) is 17.2. The Balaban J connectivity index is 3.31. The third-order valence-electron chi connectivity index (χ3n) is 3.76. The van der Waals surface area contributed by atoms with Crippen LogP contribution >= 0.6 is 0 Å². The van der Waals surface area contributed by atoms with Crippen LogP contribution in [0, 0.1) is 0 Å². The molecule has 0 radical (unpaired) electrons. The highest BCUT2D eigenvalue weighted by Crippen LogP contribution is 2.08. The number of rotatable bonds is 15. The SMILES string of the molecule is CCCCC/C=C/C/C=C/CCCCCCCC(=O)/C=C(/C)N. The molecule has 0 unspecified atom stereocenters. The van der Waals surface area contributed by atoms with Gasteiger partial charge in [0.15, 0.2) is 5.78 Å². The van der Waals surface area contributed by atoms with E-state index in [1.807, 2.05) is 0 Å². The summed E-state index contributed by atoms with van der Waals surface area (Å²) in [4.78, 5) is 11.4. The smallest absolute Gasteiger partial charge is 0.157 e. The number of nitrogens with two attached hydrogens (primary N) is 1. The van der Waals surface area contributed by atoms with Crippen molar-refractivity contribution in [3.8, 4) is 0 Å². The van der Waals surface area contributed by atoms with Crippen molar-refractivity contribution in [2.75, 3.05) is 0 Å². The van der Waals surface area contributed by atoms with Gasteiger partial charge in [-0.2, -0.15) is 0 Å².